The lowest BCUT2D eigenvalue weighted by atomic mass is 10.0. The second-order valence-electron chi connectivity index (χ2n) is 9.75. The van der Waals surface area contributed by atoms with E-state index in [4.69, 9.17) is 11.6 Å². The maximum atomic E-state index is 13.7. The zero-order chi connectivity index (χ0) is 28.5. The maximum Gasteiger partial charge on any atom is 0.247 e. The summed E-state index contributed by atoms with van der Waals surface area (Å²) in [5.41, 5.74) is 3.21. The molecule has 0 bridgehead atoms. The van der Waals surface area contributed by atoms with E-state index in [0.29, 0.717) is 22.1 Å². The van der Waals surface area contributed by atoms with E-state index in [2.05, 4.69) is 20.7 Å². The van der Waals surface area contributed by atoms with Crippen LogP contribution in [0.1, 0.15) is 5.56 Å². The fraction of sp³-hybridized carbons (Fsp3) is 0.172. The molecule has 41 heavy (non-hydrogen) atoms. The predicted octanol–water partition coefficient (Wildman–Crippen LogP) is 3.23. The molecule has 206 valence electrons. The zero-order valence-corrected chi connectivity index (χ0v) is 22.8. The Hall–Kier alpha value is -5.03. The summed E-state index contributed by atoms with van der Waals surface area (Å²) in [5.74, 6) is -1.11. The fourth-order valence-corrected chi connectivity index (χ4v) is 5.18. The molecule has 1 atom stereocenters. The molecule has 6 rings (SSSR count). The van der Waals surface area contributed by atoms with Crippen molar-refractivity contribution in [2.45, 2.75) is 12.5 Å². The van der Waals surface area contributed by atoms with Crippen LogP contribution in [0.5, 0.6) is 0 Å². The van der Waals surface area contributed by atoms with Crippen LogP contribution in [0.2, 0.25) is 5.02 Å². The SMILES string of the molecule is Cn1cc2cc(NC(=O)C(Cc3ccccc3)N3CC(=O)N(c4cc(Cl)ccc4-n4ccnn4)CC3=O)ccc2n1. The second-order valence-corrected chi connectivity index (χ2v) is 10.2. The highest BCUT2D eigenvalue weighted by Crippen LogP contribution is 2.30. The number of hydrogen-bond acceptors (Lipinski definition) is 6. The molecule has 1 fully saturated rings. The summed E-state index contributed by atoms with van der Waals surface area (Å²) in [4.78, 5) is 43.7. The van der Waals surface area contributed by atoms with Crippen LogP contribution in [0.4, 0.5) is 11.4 Å². The minimum atomic E-state index is -0.922. The number of nitrogens with zero attached hydrogens (tertiary/aromatic N) is 7. The topological polar surface area (TPSA) is 118 Å². The van der Waals surface area contributed by atoms with Gasteiger partial charge in [-0.25, -0.2) is 4.68 Å². The van der Waals surface area contributed by atoms with Gasteiger partial charge in [0.05, 0.1) is 29.3 Å². The van der Waals surface area contributed by atoms with Gasteiger partial charge < -0.3 is 10.2 Å². The van der Waals surface area contributed by atoms with Crippen molar-refractivity contribution in [1.29, 1.82) is 0 Å². The number of anilines is 2. The number of rotatable bonds is 7. The van der Waals surface area contributed by atoms with Gasteiger partial charge in [0.15, 0.2) is 0 Å². The Balaban J connectivity index is 1.29. The molecule has 3 amide bonds. The number of nitrogens with one attached hydrogen (secondary N) is 1. The normalized spacial score (nSPS) is 14.5. The minimum absolute atomic E-state index is 0.238. The van der Waals surface area contributed by atoms with E-state index < -0.39 is 11.9 Å². The summed E-state index contributed by atoms with van der Waals surface area (Å²) in [6, 6.07) is 18.9. The number of amides is 3. The minimum Gasteiger partial charge on any atom is -0.324 e. The smallest absolute Gasteiger partial charge is 0.247 e. The second kappa shape index (κ2) is 10.9. The average molecular weight is 569 g/mol. The van der Waals surface area contributed by atoms with Crippen LogP contribution < -0.4 is 10.2 Å². The molecule has 3 heterocycles. The summed E-state index contributed by atoms with van der Waals surface area (Å²) in [7, 11) is 1.83. The molecule has 5 aromatic rings. The van der Waals surface area contributed by atoms with E-state index in [1.807, 2.05) is 55.7 Å². The number of halogens is 1. The van der Waals surface area contributed by atoms with Crippen molar-refractivity contribution in [2.75, 3.05) is 23.3 Å². The third-order valence-corrected chi connectivity index (χ3v) is 7.19. The lowest BCUT2D eigenvalue weighted by Gasteiger charge is -2.38. The molecule has 0 spiro atoms. The number of fused-ring (bicyclic) bond motifs is 1. The monoisotopic (exact) mass is 568 g/mol. The first-order valence-corrected chi connectivity index (χ1v) is 13.3. The summed E-state index contributed by atoms with van der Waals surface area (Å²) in [6.07, 6.45) is 5.25. The lowest BCUT2D eigenvalue weighted by molar-refractivity contribution is -0.143. The van der Waals surface area contributed by atoms with Crippen molar-refractivity contribution in [3.05, 3.63) is 95.9 Å². The zero-order valence-electron chi connectivity index (χ0n) is 22.0. The van der Waals surface area contributed by atoms with Gasteiger partial charge in [0.25, 0.3) is 0 Å². The van der Waals surface area contributed by atoms with Crippen molar-refractivity contribution in [3.8, 4) is 5.69 Å². The molecule has 0 aliphatic carbocycles. The van der Waals surface area contributed by atoms with E-state index >= 15 is 0 Å². The van der Waals surface area contributed by atoms with E-state index in [1.165, 1.54) is 20.7 Å². The molecule has 2 aromatic heterocycles. The van der Waals surface area contributed by atoms with Crippen LogP contribution in [0.15, 0.2) is 85.3 Å². The standard InChI is InChI=1S/C29H25ClN8O3/c1-35-16-20-14-22(8-9-23(20)33-35)32-29(41)26(13-19-5-3-2-4-6-19)37-18-27(39)36(17-28(37)40)25-15-21(30)7-10-24(25)38-12-11-31-34-38/h2-12,14-16,26H,13,17-18H2,1H3,(H,32,41). The number of aromatic nitrogens is 5. The van der Waals surface area contributed by atoms with Gasteiger partial charge in [-0.05, 0) is 42.0 Å². The number of aryl methyl sites for hydroxylation is 1. The Kier molecular flexibility index (Phi) is 6.94. The Bertz CT molecular complexity index is 1750. The van der Waals surface area contributed by atoms with Gasteiger partial charge in [-0.2, -0.15) is 5.10 Å². The molecule has 3 aromatic carbocycles. The van der Waals surface area contributed by atoms with Crippen molar-refractivity contribution < 1.29 is 14.4 Å². The van der Waals surface area contributed by atoms with Gasteiger partial charge in [0.2, 0.25) is 17.7 Å². The summed E-state index contributed by atoms with van der Waals surface area (Å²) in [6.45, 7) is -0.546. The molecule has 1 aliphatic heterocycles. The summed E-state index contributed by atoms with van der Waals surface area (Å²) in [5, 5.41) is 16.4. The number of benzene rings is 3. The largest absolute Gasteiger partial charge is 0.324 e. The lowest BCUT2D eigenvalue weighted by Crippen LogP contribution is -2.60. The van der Waals surface area contributed by atoms with Crippen LogP contribution in [0.3, 0.4) is 0 Å². The van der Waals surface area contributed by atoms with Gasteiger partial charge >= 0.3 is 0 Å². The van der Waals surface area contributed by atoms with Crippen molar-refractivity contribution >= 4 is 51.6 Å². The maximum absolute atomic E-state index is 13.7. The highest BCUT2D eigenvalue weighted by Gasteiger charge is 2.39. The van der Waals surface area contributed by atoms with Crippen LogP contribution in [0, 0.1) is 0 Å². The summed E-state index contributed by atoms with van der Waals surface area (Å²) < 4.78 is 3.20. The number of hydrogen-bond donors (Lipinski definition) is 1. The molecular weight excluding hydrogens is 544 g/mol. The van der Waals surface area contributed by atoms with Crippen LogP contribution in [-0.4, -0.2) is 66.5 Å². The highest BCUT2D eigenvalue weighted by atomic mass is 35.5. The first-order valence-electron chi connectivity index (χ1n) is 12.9. The van der Waals surface area contributed by atoms with Crippen LogP contribution >= 0.6 is 11.6 Å². The number of carbonyl (C=O) groups excluding carboxylic acids is 3. The molecule has 11 nitrogen and oxygen atoms in total. The van der Waals surface area contributed by atoms with Gasteiger partial charge in [0.1, 0.15) is 19.1 Å². The highest BCUT2D eigenvalue weighted by molar-refractivity contribution is 6.31. The molecule has 1 N–H and O–H groups in total. The van der Waals surface area contributed by atoms with E-state index in [9.17, 15) is 14.4 Å². The quantitative estimate of drug-likeness (QED) is 0.322. The Labute approximate surface area is 239 Å². The van der Waals surface area contributed by atoms with E-state index in [0.717, 1.165) is 16.5 Å². The fourth-order valence-electron chi connectivity index (χ4n) is 5.01. The Morgan fingerprint density at radius 1 is 1.00 bits per heavy atom. The average Bonchev–Trinajstić information content (AvgIpc) is 3.62. The van der Waals surface area contributed by atoms with Crippen LogP contribution in [-0.2, 0) is 27.9 Å². The third kappa shape index (κ3) is 5.39. The van der Waals surface area contributed by atoms with Crippen molar-refractivity contribution in [1.82, 2.24) is 29.7 Å². The number of piperazine rings is 1. The van der Waals surface area contributed by atoms with Gasteiger partial charge in [0, 0.05) is 35.8 Å². The summed E-state index contributed by atoms with van der Waals surface area (Å²) >= 11 is 6.27. The third-order valence-electron chi connectivity index (χ3n) is 6.96. The van der Waals surface area contributed by atoms with Gasteiger partial charge in [-0.3, -0.25) is 24.0 Å². The van der Waals surface area contributed by atoms with Crippen molar-refractivity contribution in [2.24, 2.45) is 7.05 Å². The molecule has 0 saturated carbocycles. The molecule has 0 radical (unpaired) electrons. The predicted molar refractivity (Wildman–Crippen MR) is 154 cm³/mol. The van der Waals surface area contributed by atoms with Gasteiger partial charge in [-0.1, -0.05) is 47.1 Å². The van der Waals surface area contributed by atoms with Crippen molar-refractivity contribution in [3.63, 3.8) is 0 Å². The van der Waals surface area contributed by atoms with E-state index in [-0.39, 0.29) is 31.3 Å². The van der Waals surface area contributed by atoms with E-state index in [1.54, 1.807) is 35.1 Å². The first-order chi connectivity index (χ1) is 19.9. The van der Waals surface area contributed by atoms with Gasteiger partial charge in [-0.15, -0.1) is 5.10 Å². The number of carbonyl (C=O) groups is 3. The molecule has 1 unspecified atom stereocenters. The van der Waals surface area contributed by atoms with Crippen LogP contribution in [0.25, 0.3) is 16.6 Å². The molecular formula is C29H25ClN8O3. The Morgan fingerprint density at radius 2 is 1.83 bits per heavy atom. The molecule has 1 saturated heterocycles. The molecule has 1 aliphatic rings. The molecule has 12 heteroatoms. The first kappa shape index (κ1) is 26.2. The Morgan fingerprint density at radius 3 is 2.61 bits per heavy atom.